The van der Waals surface area contributed by atoms with E-state index in [1.54, 1.807) is 38.0 Å². The Balaban J connectivity index is 1.87. The molecule has 0 saturated carbocycles. The summed E-state index contributed by atoms with van der Waals surface area (Å²) in [6.07, 6.45) is 1.53. The fourth-order valence-electron chi connectivity index (χ4n) is 3.77. The van der Waals surface area contributed by atoms with E-state index in [0.717, 1.165) is 24.2 Å². The zero-order valence-electron chi connectivity index (χ0n) is 21.9. The number of amides is 3. The molecule has 3 heterocycles. The van der Waals surface area contributed by atoms with Crippen molar-refractivity contribution in [1.82, 2.24) is 15.2 Å². The van der Waals surface area contributed by atoms with Gasteiger partial charge in [-0.05, 0) is 54.4 Å². The number of carbonyl (C=O) groups excluding carboxylic acids is 3. The number of rotatable bonds is 8. The summed E-state index contributed by atoms with van der Waals surface area (Å²) >= 11 is 1.12. The number of carboxylic acids is 1. The van der Waals surface area contributed by atoms with Gasteiger partial charge in [0, 0.05) is 24.9 Å². The number of amidine groups is 1. The number of aromatic nitrogens is 1. The van der Waals surface area contributed by atoms with E-state index in [1.165, 1.54) is 18.7 Å². The molecule has 2 aliphatic heterocycles. The van der Waals surface area contributed by atoms with Crippen molar-refractivity contribution in [2.45, 2.75) is 84.1 Å². The number of piperidine rings is 1. The minimum Gasteiger partial charge on any atom is -0.478 e. The molecule has 0 unspecified atom stereocenters. The van der Waals surface area contributed by atoms with Crippen molar-refractivity contribution in [2.24, 2.45) is 5.16 Å². The Bertz CT molecular complexity index is 1080. The van der Waals surface area contributed by atoms with Crippen LogP contribution in [0.1, 0.15) is 60.8 Å². The third-order valence-electron chi connectivity index (χ3n) is 5.71. The minimum atomic E-state index is -1.61. The Labute approximate surface area is 219 Å². The molecule has 14 heteroatoms. The van der Waals surface area contributed by atoms with Crippen molar-refractivity contribution < 1.29 is 33.9 Å². The van der Waals surface area contributed by atoms with Crippen LogP contribution in [0.4, 0.5) is 15.7 Å². The summed E-state index contributed by atoms with van der Waals surface area (Å²) in [6, 6.07) is -1.21. The summed E-state index contributed by atoms with van der Waals surface area (Å²) in [5.41, 5.74) is -2.31. The molecule has 3 amide bonds. The van der Waals surface area contributed by atoms with Gasteiger partial charge < -0.3 is 24.9 Å². The number of β-lactam (4-membered cyclic amide) rings is 1. The topological polar surface area (TPSA) is 163 Å². The monoisotopic (exact) mass is 538 g/mol. The molecule has 0 bridgehead atoms. The van der Waals surface area contributed by atoms with Gasteiger partial charge in [0.2, 0.25) is 17.4 Å². The number of hydrogen-bond acceptors (Lipinski definition) is 9. The van der Waals surface area contributed by atoms with Gasteiger partial charge in [0.1, 0.15) is 23.3 Å². The summed E-state index contributed by atoms with van der Waals surface area (Å²) in [7, 11) is 0. The molecule has 0 spiro atoms. The van der Waals surface area contributed by atoms with Crippen LogP contribution in [0.25, 0.3) is 0 Å². The first-order valence-electron chi connectivity index (χ1n) is 12.0. The Morgan fingerprint density at radius 3 is 2.59 bits per heavy atom. The number of oxime groups is 1. The van der Waals surface area contributed by atoms with Crippen molar-refractivity contribution in [1.29, 1.82) is 0 Å². The van der Waals surface area contributed by atoms with Crippen molar-refractivity contribution in [3.05, 3.63) is 5.38 Å². The van der Waals surface area contributed by atoms with E-state index in [2.05, 4.69) is 20.8 Å². The predicted molar refractivity (Wildman–Crippen MR) is 137 cm³/mol. The van der Waals surface area contributed by atoms with Crippen LogP contribution < -0.4 is 15.5 Å². The fourth-order valence-corrected chi connectivity index (χ4v) is 4.44. The van der Waals surface area contributed by atoms with Gasteiger partial charge in [-0.25, -0.2) is 14.6 Å². The number of carbonyl (C=O) groups is 4. The largest absolute Gasteiger partial charge is 0.478 e. The molecule has 13 nitrogen and oxygen atoms in total. The highest BCUT2D eigenvalue weighted by Gasteiger charge is 2.47. The summed E-state index contributed by atoms with van der Waals surface area (Å²) in [5, 5.41) is 20.6. The zero-order chi connectivity index (χ0) is 27.5. The lowest BCUT2D eigenvalue weighted by molar-refractivity contribution is -0.161. The Morgan fingerprint density at radius 2 is 2.00 bits per heavy atom. The molecule has 2 fully saturated rings. The summed E-state index contributed by atoms with van der Waals surface area (Å²) < 4.78 is 5.27. The first-order chi connectivity index (χ1) is 17.2. The molecule has 1 aromatic heterocycles. The van der Waals surface area contributed by atoms with Gasteiger partial charge in [-0.15, -0.1) is 11.3 Å². The molecule has 3 rings (SSSR count). The van der Waals surface area contributed by atoms with Crippen molar-refractivity contribution in [2.75, 3.05) is 23.3 Å². The van der Waals surface area contributed by atoms with Crippen LogP contribution in [0.5, 0.6) is 0 Å². The number of thiazole rings is 1. The van der Waals surface area contributed by atoms with E-state index in [0.29, 0.717) is 25.3 Å². The average Bonchev–Trinajstić information content (AvgIpc) is 3.23. The maximum absolute atomic E-state index is 12.8. The average molecular weight is 539 g/mol. The molecule has 2 aliphatic rings. The summed E-state index contributed by atoms with van der Waals surface area (Å²) in [6.45, 7) is 10.4. The lowest BCUT2D eigenvalue weighted by Gasteiger charge is -2.45. The van der Waals surface area contributed by atoms with Crippen LogP contribution in [0.2, 0.25) is 0 Å². The fraction of sp³-hybridized carbons (Fsp3) is 0.652. The number of hydrogen-bond donors (Lipinski definition) is 3. The van der Waals surface area contributed by atoms with E-state index in [-0.39, 0.29) is 22.8 Å². The van der Waals surface area contributed by atoms with E-state index in [4.69, 9.17) is 9.57 Å². The van der Waals surface area contributed by atoms with Crippen LogP contribution in [-0.2, 0) is 24.0 Å². The molecular weight excluding hydrogens is 504 g/mol. The quantitative estimate of drug-likeness (QED) is 0.195. The van der Waals surface area contributed by atoms with Gasteiger partial charge in [0.15, 0.2) is 5.13 Å². The van der Waals surface area contributed by atoms with E-state index >= 15 is 0 Å². The number of anilines is 2. The summed E-state index contributed by atoms with van der Waals surface area (Å²) in [4.78, 5) is 61.7. The van der Waals surface area contributed by atoms with Crippen LogP contribution in [0.15, 0.2) is 10.5 Å². The van der Waals surface area contributed by atoms with Gasteiger partial charge >= 0.3 is 12.1 Å². The first-order valence-corrected chi connectivity index (χ1v) is 12.8. The standard InChI is InChI=1S/C23H34N6O7S/c1-13(27-36-23(5,6)19(32)33)29(15-12-37-20(25-15)26-21(34)35-22(2,3)4)17-14(24-18(17)31)11-28-10-8-7-9-16(28)30/h12,14,17H,7-11H2,1-6H3,(H,24,31)(H,32,33)(H,25,26,34)/t14-,17-/m0/s1. The van der Waals surface area contributed by atoms with Crippen LogP contribution >= 0.6 is 11.3 Å². The molecule has 0 aromatic carbocycles. The van der Waals surface area contributed by atoms with E-state index < -0.39 is 35.3 Å². The second-order valence-electron chi connectivity index (χ2n) is 10.4. The third-order valence-corrected chi connectivity index (χ3v) is 6.46. The Hall–Kier alpha value is -3.42. The number of carboxylic acid groups (broad SMARTS) is 1. The van der Waals surface area contributed by atoms with Crippen molar-refractivity contribution >= 4 is 52.0 Å². The van der Waals surface area contributed by atoms with Gasteiger partial charge in [-0.3, -0.25) is 19.8 Å². The molecular formula is C23H34N6O7S. The highest BCUT2D eigenvalue weighted by Crippen LogP contribution is 2.29. The molecule has 2 atom stereocenters. The van der Waals surface area contributed by atoms with Crippen LogP contribution in [0.3, 0.4) is 0 Å². The molecule has 0 radical (unpaired) electrons. The van der Waals surface area contributed by atoms with Crippen LogP contribution in [0, 0.1) is 0 Å². The molecule has 0 aliphatic carbocycles. The molecule has 204 valence electrons. The summed E-state index contributed by atoms with van der Waals surface area (Å²) in [5.74, 6) is -1.01. The van der Waals surface area contributed by atoms with Crippen molar-refractivity contribution in [3.63, 3.8) is 0 Å². The normalized spacial score (nSPS) is 20.6. The maximum Gasteiger partial charge on any atom is 0.413 e. The molecule has 2 saturated heterocycles. The third kappa shape index (κ3) is 7.08. The Kier molecular flexibility index (Phi) is 8.30. The van der Waals surface area contributed by atoms with Gasteiger partial charge in [0.25, 0.3) is 0 Å². The second-order valence-corrected chi connectivity index (χ2v) is 11.3. The SMILES string of the molecule is CC(=NOC(C)(C)C(=O)O)N(c1csc(NC(=O)OC(C)(C)C)n1)[C@@H]1C(=O)N[C@H]1CN1CCCCC1=O. The molecule has 3 N–H and O–H groups in total. The van der Waals surface area contributed by atoms with Crippen LogP contribution in [-0.4, -0.2) is 81.1 Å². The number of likely N-dealkylation sites (tertiary alicyclic amines) is 1. The molecule has 1 aromatic rings. The minimum absolute atomic E-state index is 0.0344. The number of nitrogens with zero attached hydrogens (tertiary/aromatic N) is 4. The van der Waals surface area contributed by atoms with E-state index in [1.807, 2.05) is 0 Å². The predicted octanol–water partition coefficient (Wildman–Crippen LogP) is 2.39. The zero-order valence-corrected chi connectivity index (χ0v) is 22.7. The number of aliphatic carboxylic acids is 1. The van der Waals surface area contributed by atoms with Gasteiger partial charge in [0.05, 0.1) is 6.04 Å². The lowest BCUT2D eigenvalue weighted by Crippen LogP contribution is -2.73. The Morgan fingerprint density at radius 1 is 1.30 bits per heavy atom. The number of ether oxygens (including phenoxy) is 1. The lowest BCUT2D eigenvalue weighted by atomic mass is 9.95. The second kappa shape index (κ2) is 10.9. The highest BCUT2D eigenvalue weighted by molar-refractivity contribution is 7.14. The van der Waals surface area contributed by atoms with Gasteiger partial charge in [-0.1, -0.05) is 5.16 Å². The maximum atomic E-state index is 12.8. The van der Waals surface area contributed by atoms with Crippen molar-refractivity contribution in [3.8, 4) is 0 Å². The first kappa shape index (κ1) is 28.2. The number of nitrogens with one attached hydrogen (secondary N) is 2. The smallest absolute Gasteiger partial charge is 0.413 e. The van der Waals surface area contributed by atoms with Gasteiger partial charge in [-0.2, -0.15) is 0 Å². The molecule has 37 heavy (non-hydrogen) atoms. The van der Waals surface area contributed by atoms with E-state index in [9.17, 15) is 24.3 Å². The highest BCUT2D eigenvalue weighted by atomic mass is 32.1.